The number of benzene rings is 1. The number of rotatable bonds is 10. The predicted molar refractivity (Wildman–Crippen MR) is 130 cm³/mol. The molecule has 178 valence electrons. The molecule has 2 aliphatic rings. The molecule has 3 N–H and O–H groups in total. The van der Waals surface area contributed by atoms with Crippen molar-refractivity contribution in [3.8, 4) is 0 Å². The van der Waals surface area contributed by atoms with Gasteiger partial charge in [0.1, 0.15) is 0 Å². The number of likely N-dealkylation sites (tertiary alicyclic amines) is 1. The van der Waals surface area contributed by atoms with Gasteiger partial charge < -0.3 is 20.7 Å². The second-order valence-corrected chi connectivity index (χ2v) is 8.85. The molecule has 1 fully saturated rings. The lowest BCUT2D eigenvalue weighted by Gasteiger charge is -2.32. The van der Waals surface area contributed by atoms with Crippen molar-refractivity contribution in [3.63, 3.8) is 0 Å². The first-order chi connectivity index (χ1) is 15.7. The van der Waals surface area contributed by atoms with E-state index < -0.39 is 0 Å². The van der Waals surface area contributed by atoms with Crippen LogP contribution in [0.2, 0.25) is 0 Å². The maximum absolute atomic E-state index is 11.9. The van der Waals surface area contributed by atoms with Gasteiger partial charge in [-0.15, -0.1) is 0 Å². The van der Waals surface area contributed by atoms with Crippen molar-refractivity contribution < 1.29 is 9.53 Å². The Morgan fingerprint density at radius 3 is 2.75 bits per heavy atom. The zero-order valence-electron chi connectivity index (χ0n) is 19.9. The fourth-order valence-corrected chi connectivity index (χ4v) is 4.53. The second kappa shape index (κ2) is 13.4. The molecule has 0 spiro atoms. The molecule has 0 aromatic heterocycles. The topological polar surface area (TPSA) is 78.0 Å². The van der Waals surface area contributed by atoms with Crippen LogP contribution in [-0.2, 0) is 16.0 Å². The minimum atomic E-state index is 0.134. The van der Waals surface area contributed by atoms with E-state index in [0.29, 0.717) is 12.6 Å². The Kier molecular flexibility index (Phi) is 10.3. The predicted octanol–water partition coefficient (Wildman–Crippen LogP) is 2.63. The fourth-order valence-electron chi connectivity index (χ4n) is 4.53. The third-order valence-electron chi connectivity index (χ3n) is 6.34. The largest absolute Gasteiger partial charge is 0.373 e. The number of aryl methyl sites for hydroxylation is 1. The maximum atomic E-state index is 11.9. The summed E-state index contributed by atoms with van der Waals surface area (Å²) in [5, 5.41) is 9.92. The van der Waals surface area contributed by atoms with Gasteiger partial charge in [-0.25, -0.2) is 0 Å². The van der Waals surface area contributed by atoms with Crippen LogP contribution in [-0.4, -0.2) is 69.2 Å². The average molecular weight is 444 g/mol. The molecule has 1 atom stereocenters. The molecule has 32 heavy (non-hydrogen) atoms. The molecule has 1 aliphatic heterocycles. The van der Waals surface area contributed by atoms with E-state index in [1.165, 1.54) is 24.0 Å². The quantitative estimate of drug-likeness (QED) is 0.294. The molecule has 0 radical (unpaired) electrons. The highest BCUT2D eigenvalue weighted by molar-refractivity contribution is 5.80. The van der Waals surface area contributed by atoms with E-state index in [1.807, 2.05) is 7.05 Å². The Hall–Kier alpha value is -2.12. The van der Waals surface area contributed by atoms with E-state index in [1.54, 1.807) is 0 Å². The Labute approximate surface area is 193 Å². The number of nitrogens with zero attached hydrogens (tertiary/aromatic N) is 2. The number of piperidine rings is 1. The van der Waals surface area contributed by atoms with Crippen LogP contribution in [0.25, 0.3) is 0 Å². The highest BCUT2D eigenvalue weighted by Crippen LogP contribution is 2.32. The zero-order chi connectivity index (χ0) is 22.6. The van der Waals surface area contributed by atoms with Crippen molar-refractivity contribution in [1.82, 2.24) is 20.9 Å². The van der Waals surface area contributed by atoms with Crippen LogP contribution in [0.5, 0.6) is 0 Å². The van der Waals surface area contributed by atoms with Crippen molar-refractivity contribution >= 4 is 11.9 Å². The minimum Gasteiger partial charge on any atom is -0.373 e. The molecule has 1 heterocycles. The molecule has 3 rings (SSSR count). The van der Waals surface area contributed by atoms with Crippen LogP contribution in [0, 0.1) is 0 Å². The SMILES string of the molecule is CCCNC(=O)CN1CCC(NC(=NC)NCCCOC2CCCc3ccccc32)CC1. The number of amides is 1. The summed E-state index contributed by atoms with van der Waals surface area (Å²) in [6.45, 7) is 6.80. The van der Waals surface area contributed by atoms with Crippen molar-refractivity contribution in [3.05, 3.63) is 35.4 Å². The van der Waals surface area contributed by atoms with Gasteiger partial charge in [-0.3, -0.25) is 14.7 Å². The number of ether oxygens (including phenoxy) is 1. The van der Waals surface area contributed by atoms with Gasteiger partial charge in [0, 0.05) is 45.9 Å². The first-order valence-corrected chi connectivity index (χ1v) is 12.3. The Balaban J connectivity index is 1.29. The summed E-state index contributed by atoms with van der Waals surface area (Å²) in [5.41, 5.74) is 2.82. The average Bonchev–Trinajstić information content (AvgIpc) is 2.83. The molecule has 1 aromatic rings. The molecule has 1 aliphatic carbocycles. The maximum Gasteiger partial charge on any atom is 0.234 e. The molecule has 7 nitrogen and oxygen atoms in total. The summed E-state index contributed by atoms with van der Waals surface area (Å²) in [6.07, 6.45) is 7.70. The number of nitrogens with one attached hydrogen (secondary N) is 3. The van der Waals surface area contributed by atoms with Crippen molar-refractivity contribution in [2.75, 3.05) is 46.4 Å². The zero-order valence-corrected chi connectivity index (χ0v) is 19.9. The van der Waals surface area contributed by atoms with Crippen LogP contribution < -0.4 is 16.0 Å². The van der Waals surface area contributed by atoms with Crippen LogP contribution in [0.1, 0.15) is 62.7 Å². The molecule has 1 unspecified atom stereocenters. The first-order valence-electron chi connectivity index (χ1n) is 12.3. The van der Waals surface area contributed by atoms with Gasteiger partial charge in [0.15, 0.2) is 5.96 Å². The first kappa shape index (κ1) is 24.5. The van der Waals surface area contributed by atoms with Crippen LogP contribution in [0.3, 0.4) is 0 Å². The number of carbonyl (C=O) groups is 1. The number of aliphatic imine (C=N–C) groups is 1. The Bertz CT molecular complexity index is 731. The number of guanidine groups is 1. The van der Waals surface area contributed by atoms with E-state index in [-0.39, 0.29) is 12.0 Å². The number of carbonyl (C=O) groups excluding carboxylic acids is 1. The van der Waals surface area contributed by atoms with E-state index in [0.717, 1.165) is 70.8 Å². The lowest BCUT2D eigenvalue weighted by Crippen LogP contribution is -2.50. The monoisotopic (exact) mass is 443 g/mol. The lowest BCUT2D eigenvalue weighted by molar-refractivity contribution is -0.122. The van der Waals surface area contributed by atoms with Gasteiger partial charge in [-0.1, -0.05) is 31.2 Å². The summed E-state index contributed by atoms with van der Waals surface area (Å²) >= 11 is 0. The van der Waals surface area contributed by atoms with Gasteiger partial charge >= 0.3 is 0 Å². The Morgan fingerprint density at radius 2 is 1.97 bits per heavy atom. The van der Waals surface area contributed by atoms with E-state index in [9.17, 15) is 4.79 Å². The molecule has 0 bridgehead atoms. The van der Waals surface area contributed by atoms with Gasteiger partial charge in [0.05, 0.1) is 12.6 Å². The molecule has 0 saturated carbocycles. The van der Waals surface area contributed by atoms with Gasteiger partial charge in [-0.05, 0) is 56.1 Å². The van der Waals surface area contributed by atoms with Crippen LogP contribution >= 0.6 is 0 Å². The highest BCUT2D eigenvalue weighted by Gasteiger charge is 2.22. The van der Waals surface area contributed by atoms with Crippen molar-refractivity contribution in [1.29, 1.82) is 0 Å². The highest BCUT2D eigenvalue weighted by atomic mass is 16.5. The van der Waals surface area contributed by atoms with Gasteiger partial charge in [0.2, 0.25) is 5.91 Å². The summed E-state index contributed by atoms with van der Waals surface area (Å²) < 4.78 is 6.20. The summed E-state index contributed by atoms with van der Waals surface area (Å²) in [4.78, 5) is 18.5. The molecule has 1 aromatic carbocycles. The van der Waals surface area contributed by atoms with E-state index in [4.69, 9.17) is 4.74 Å². The summed E-state index contributed by atoms with van der Waals surface area (Å²) in [5.74, 6) is 0.988. The second-order valence-electron chi connectivity index (χ2n) is 8.85. The Morgan fingerprint density at radius 1 is 1.16 bits per heavy atom. The normalized spacial score (nSPS) is 19.9. The molecule has 1 amide bonds. The third-order valence-corrected chi connectivity index (χ3v) is 6.34. The van der Waals surface area contributed by atoms with Gasteiger partial charge in [-0.2, -0.15) is 0 Å². The molecule has 7 heteroatoms. The standard InChI is InChI=1S/C25H41N5O2/c1-3-14-27-24(31)19-30-16-12-21(13-17-30)29-25(26-2)28-15-7-18-32-23-11-6-9-20-8-4-5-10-22(20)23/h4-5,8,10,21,23H,3,6-7,9,11-19H2,1-2H3,(H,27,31)(H2,26,28,29). The van der Waals surface area contributed by atoms with Gasteiger partial charge in [0.25, 0.3) is 0 Å². The van der Waals surface area contributed by atoms with Crippen LogP contribution in [0.4, 0.5) is 0 Å². The summed E-state index contributed by atoms with van der Waals surface area (Å²) in [6, 6.07) is 9.08. The lowest BCUT2D eigenvalue weighted by atomic mass is 9.89. The van der Waals surface area contributed by atoms with Crippen LogP contribution in [0.15, 0.2) is 29.3 Å². The number of fused-ring (bicyclic) bond motifs is 1. The molecular weight excluding hydrogens is 402 g/mol. The summed E-state index contributed by atoms with van der Waals surface area (Å²) in [7, 11) is 1.82. The van der Waals surface area contributed by atoms with E-state index >= 15 is 0 Å². The fraction of sp³-hybridized carbons (Fsp3) is 0.680. The minimum absolute atomic E-state index is 0.134. The number of hydrogen-bond acceptors (Lipinski definition) is 4. The number of hydrogen-bond donors (Lipinski definition) is 3. The smallest absolute Gasteiger partial charge is 0.234 e. The molecular formula is C25H41N5O2. The third kappa shape index (κ3) is 7.78. The van der Waals surface area contributed by atoms with E-state index in [2.05, 4.69) is 57.0 Å². The van der Waals surface area contributed by atoms with Crippen molar-refractivity contribution in [2.45, 2.75) is 64.0 Å². The van der Waals surface area contributed by atoms with Crippen molar-refractivity contribution in [2.24, 2.45) is 4.99 Å². The molecule has 1 saturated heterocycles.